The van der Waals surface area contributed by atoms with E-state index in [2.05, 4.69) is 6.92 Å². The maximum atomic E-state index is 13.2. The van der Waals surface area contributed by atoms with Crippen LogP contribution in [0.4, 0.5) is 5.69 Å². The van der Waals surface area contributed by atoms with Gasteiger partial charge in [-0.2, -0.15) is 0 Å². The van der Waals surface area contributed by atoms with Crippen LogP contribution in [-0.4, -0.2) is 17.6 Å². The van der Waals surface area contributed by atoms with Gasteiger partial charge in [-0.05, 0) is 38.2 Å². The minimum atomic E-state index is -0.444. The number of aliphatic hydroxyl groups excluding tert-OH is 1. The van der Waals surface area contributed by atoms with Crippen LogP contribution in [0.1, 0.15) is 63.5 Å². The van der Waals surface area contributed by atoms with Crippen molar-refractivity contribution in [3.8, 4) is 0 Å². The van der Waals surface area contributed by atoms with E-state index >= 15 is 0 Å². The Hall–Kier alpha value is -1.35. The molecule has 1 aliphatic carbocycles. The Kier molecular flexibility index (Phi) is 4.03. The van der Waals surface area contributed by atoms with Gasteiger partial charge >= 0.3 is 0 Å². The van der Waals surface area contributed by atoms with Crippen LogP contribution in [0.5, 0.6) is 0 Å². The van der Waals surface area contributed by atoms with Crippen LogP contribution in [0, 0.1) is 5.41 Å². The monoisotopic (exact) mass is 287 g/mol. The number of carbonyl (C=O) groups is 1. The van der Waals surface area contributed by atoms with E-state index in [0.717, 1.165) is 62.7 Å². The number of rotatable bonds is 2. The summed E-state index contributed by atoms with van der Waals surface area (Å²) in [7, 11) is 0. The maximum absolute atomic E-state index is 13.2. The highest BCUT2D eigenvalue weighted by atomic mass is 16.3. The summed E-state index contributed by atoms with van der Waals surface area (Å²) in [5.41, 5.74) is 1.67. The molecule has 0 bridgehead atoms. The Bertz CT molecular complexity index is 520. The number of hydrogen-bond donors (Lipinski definition) is 1. The van der Waals surface area contributed by atoms with E-state index < -0.39 is 6.10 Å². The van der Waals surface area contributed by atoms with Gasteiger partial charge in [0.05, 0.1) is 6.10 Å². The number of benzene rings is 1. The molecule has 114 valence electrons. The summed E-state index contributed by atoms with van der Waals surface area (Å²) < 4.78 is 0. The summed E-state index contributed by atoms with van der Waals surface area (Å²) in [6, 6.07) is 7.85. The molecule has 0 radical (unpaired) electrons. The Morgan fingerprint density at radius 1 is 1.29 bits per heavy atom. The van der Waals surface area contributed by atoms with Gasteiger partial charge in [0, 0.05) is 23.2 Å². The molecule has 1 aliphatic heterocycles. The van der Waals surface area contributed by atoms with Crippen LogP contribution >= 0.6 is 0 Å². The average Bonchev–Trinajstić information content (AvgIpc) is 2.95. The van der Waals surface area contributed by atoms with Crippen molar-refractivity contribution in [3.63, 3.8) is 0 Å². The van der Waals surface area contributed by atoms with Gasteiger partial charge in [0.15, 0.2) is 0 Å². The van der Waals surface area contributed by atoms with Crippen LogP contribution in [0.3, 0.4) is 0 Å². The topological polar surface area (TPSA) is 40.5 Å². The first-order valence-corrected chi connectivity index (χ1v) is 8.27. The summed E-state index contributed by atoms with van der Waals surface area (Å²) in [6.07, 6.45) is 6.44. The van der Waals surface area contributed by atoms with Gasteiger partial charge < -0.3 is 10.0 Å². The van der Waals surface area contributed by atoms with E-state index in [1.807, 2.05) is 29.2 Å². The second-order valence-electron chi connectivity index (χ2n) is 6.51. The second kappa shape index (κ2) is 5.80. The van der Waals surface area contributed by atoms with Gasteiger partial charge in [-0.15, -0.1) is 0 Å². The van der Waals surface area contributed by atoms with Crippen molar-refractivity contribution in [2.45, 2.75) is 58.0 Å². The molecule has 0 spiro atoms. The summed E-state index contributed by atoms with van der Waals surface area (Å²) >= 11 is 0. The fourth-order valence-corrected chi connectivity index (χ4v) is 4.00. The maximum Gasteiger partial charge on any atom is 0.233 e. The lowest BCUT2D eigenvalue weighted by Gasteiger charge is -2.34. The Balaban J connectivity index is 1.98. The van der Waals surface area contributed by atoms with Crippen LogP contribution in [0.2, 0.25) is 0 Å². The highest BCUT2D eigenvalue weighted by Crippen LogP contribution is 2.44. The highest BCUT2D eigenvalue weighted by Gasteiger charge is 2.43. The zero-order valence-corrected chi connectivity index (χ0v) is 12.8. The molecular weight excluding hydrogens is 262 g/mol. The molecule has 3 rings (SSSR count). The minimum absolute atomic E-state index is 0.164. The van der Waals surface area contributed by atoms with Gasteiger partial charge in [0.25, 0.3) is 0 Å². The molecule has 21 heavy (non-hydrogen) atoms. The first-order valence-electron chi connectivity index (χ1n) is 8.27. The molecule has 1 atom stereocenters. The lowest BCUT2D eigenvalue weighted by atomic mass is 9.81. The number of para-hydroxylation sites is 1. The van der Waals surface area contributed by atoms with Crippen LogP contribution < -0.4 is 4.90 Å². The molecule has 1 fully saturated rings. The van der Waals surface area contributed by atoms with Crippen molar-refractivity contribution in [1.82, 2.24) is 0 Å². The third-order valence-corrected chi connectivity index (χ3v) is 5.38. The number of amides is 1. The van der Waals surface area contributed by atoms with Gasteiger partial charge in [-0.1, -0.05) is 38.0 Å². The first-order chi connectivity index (χ1) is 10.2. The fraction of sp³-hybridized carbons (Fsp3) is 0.611. The summed E-state index contributed by atoms with van der Waals surface area (Å²) in [5, 5.41) is 10.3. The van der Waals surface area contributed by atoms with E-state index in [1.54, 1.807) is 0 Å². The van der Waals surface area contributed by atoms with Crippen molar-refractivity contribution in [1.29, 1.82) is 0 Å². The second-order valence-corrected chi connectivity index (χ2v) is 6.51. The molecule has 1 amide bonds. The van der Waals surface area contributed by atoms with Gasteiger partial charge in [0.2, 0.25) is 5.91 Å². The van der Waals surface area contributed by atoms with Crippen LogP contribution in [0.25, 0.3) is 0 Å². The number of fused-ring (bicyclic) bond motifs is 1. The Morgan fingerprint density at radius 3 is 2.71 bits per heavy atom. The number of aliphatic hydroxyl groups is 1. The lowest BCUT2D eigenvalue weighted by molar-refractivity contribution is -0.128. The largest absolute Gasteiger partial charge is 0.388 e. The van der Waals surface area contributed by atoms with Crippen LogP contribution in [0.15, 0.2) is 24.3 Å². The molecule has 1 aromatic rings. The van der Waals surface area contributed by atoms with E-state index in [-0.39, 0.29) is 11.3 Å². The molecule has 1 unspecified atom stereocenters. The third-order valence-electron chi connectivity index (χ3n) is 5.38. The van der Waals surface area contributed by atoms with Crippen molar-refractivity contribution < 1.29 is 9.90 Å². The molecule has 0 saturated heterocycles. The first kappa shape index (κ1) is 14.6. The number of carbonyl (C=O) groups excluding carboxylic acids is 1. The van der Waals surface area contributed by atoms with Gasteiger partial charge in [-0.3, -0.25) is 4.79 Å². The molecule has 3 heteroatoms. The van der Waals surface area contributed by atoms with Crippen molar-refractivity contribution in [2.24, 2.45) is 5.41 Å². The zero-order chi connectivity index (χ0) is 14.9. The number of nitrogens with zero attached hydrogens (tertiary/aromatic N) is 1. The highest BCUT2D eigenvalue weighted by molar-refractivity contribution is 5.98. The third kappa shape index (κ3) is 2.48. The summed E-state index contributed by atoms with van der Waals surface area (Å²) in [4.78, 5) is 15.2. The predicted molar refractivity (Wildman–Crippen MR) is 84.2 cm³/mol. The lowest BCUT2D eigenvalue weighted by Crippen LogP contribution is -2.43. The van der Waals surface area contributed by atoms with Crippen molar-refractivity contribution >= 4 is 11.6 Å². The number of hydrogen-bond acceptors (Lipinski definition) is 2. The van der Waals surface area contributed by atoms with Crippen molar-refractivity contribution in [3.05, 3.63) is 29.8 Å². The van der Waals surface area contributed by atoms with E-state index in [1.165, 1.54) is 0 Å². The SMILES string of the molecule is CCC1(C(=O)N2CCCC(O)c3ccccc32)CCCC1. The Morgan fingerprint density at radius 2 is 2.00 bits per heavy atom. The van der Waals surface area contributed by atoms with E-state index in [9.17, 15) is 9.90 Å². The molecular formula is C18H25NO2. The average molecular weight is 287 g/mol. The van der Waals surface area contributed by atoms with Crippen LogP contribution in [-0.2, 0) is 4.79 Å². The normalized spacial score (nSPS) is 24.5. The number of anilines is 1. The van der Waals surface area contributed by atoms with Gasteiger partial charge in [-0.25, -0.2) is 0 Å². The molecule has 3 nitrogen and oxygen atoms in total. The van der Waals surface area contributed by atoms with Gasteiger partial charge in [0.1, 0.15) is 0 Å². The fourth-order valence-electron chi connectivity index (χ4n) is 4.00. The molecule has 1 saturated carbocycles. The van der Waals surface area contributed by atoms with Crippen molar-refractivity contribution in [2.75, 3.05) is 11.4 Å². The molecule has 1 aromatic carbocycles. The summed E-state index contributed by atoms with van der Waals surface area (Å²) in [6.45, 7) is 2.87. The Labute approximate surface area is 127 Å². The predicted octanol–water partition coefficient (Wildman–Crippen LogP) is 3.82. The molecule has 1 N–H and O–H groups in total. The van der Waals surface area contributed by atoms with E-state index in [4.69, 9.17) is 0 Å². The zero-order valence-electron chi connectivity index (χ0n) is 12.8. The molecule has 0 aromatic heterocycles. The standard InChI is InChI=1S/C18H25NO2/c1-2-18(11-5-6-12-18)17(21)19-13-7-10-16(20)14-8-3-4-9-15(14)19/h3-4,8-9,16,20H,2,5-7,10-13H2,1H3. The molecule has 1 heterocycles. The molecule has 2 aliphatic rings. The minimum Gasteiger partial charge on any atom is -0.388 e. The summed E-state index contributed by atoms with van der Waals surface area (Å²) in [5.74, 6) is 0.282. The smallest absolute Gasteiger partial charge is 0.233 e. The quantitative estimate of drug-likeness (QED) is 0.898. The van der Waals surface area contributed by atoms with E-state index in [0.29, 0.717) is 0 Å².